The van der Waals surface area contributed by atoms with E-state index in [1.165, 1.54) is 46.4 Å². The van der Waals surface area contributed by atoms with Crippen LogP contribution in [0, 0.1) is 11.3 Å². The lowest BCUT2D eigenvalue weighted by Crippen LogP contribution is -2.05. The highest BCUT2D eigenvalue weighted by atomic mass is 79.9. The van der Waals surface area contributed by atoms with Gasteiger partial charge in [-0.2, -0.15) is 5.26 Å². The Hall–Kier alpha value is -3.15. The maximum Gasteiger partial charge on any atom is 0.0998 e. The van der Waals surface area contributed by atoms with E-state index in [1.807, 2.05) is 42.5 Å². The molecule has 0 spiro atoms. The molecule has 0 heterocycles. The second-order valence-electron chi connectivity index (χ2n) is 8.01. The summed E-state index contributed by atoms with van der Waals surface area (Å²) in [6.45, 7) is 0. The minimum atomic E-state index is 0.534. The van der Waals surface area contributed by atoms with Crippen molar-refractivity contribution in [2.45, 2.75) is 24.1 Å². The Balaban J connectivity index is 0.000000147. The fraction of sp³-hybridized carbons (Fsp3) is 0.138. The van der Waals surface area contributed by atoms with Gasteiger partial charge in [-0.15, -0.1) is 0 Å². The van der Waals surface area contributed by atoms with Crippen molar-refractivity contribution < 1.29 is 0 Å². The molecule has 0 bridgehead atoms. The van der Waals surface area contributed by atoms with Crippen LogP contribution in [0.4, 0.5) is 0 Å². The van der Waals surface area contributed by atoms with E-state index in [-0.39, 0.29) is 0 Å². The highest BCUT2D eigenvalue weighted by molar-refractivity contribution is 9.09. The Morgan fingerprint density at radius 3 is 2.16 bits per heavy atom. The van der Waals surface area contributed by atoms with Crippen molar-refractivity contribution in [1.82, 2.24) is 0 Å². The van der Waals surface area contributed by atoms with Crippen LogP contribution in [0.2, 0.25) is 0 Å². The summed E-state index contributed by atoms with van der Waals surface area (Å²) >= 11 is 3.82. The molecule has 5 aromatic carbocycles. The molecule has 0 saturated carbocycles. The van der Waals surface area contributed by atoms with E-state index in [4.69, 9.17) is 5.26 Å². The van der Waals surface area contributed by atoms with Crippen LogP contribution in [0.1, 0.15) is 34.4 Å². The largest absolute Gasteiger partial charge is 0.192 e. The third-order valence-electron chi connectivity index (χ3n) is 6.21. The Labute approximate surface area is 191 Å². The lowest BCUT2D eigenvalue weighted by atomic mass is 9.86. The van der Waals surface area contributed by atoms with Gasteiger partial charge in [0.05, 0.1) is 11.6 Å². The van der Waals surface area contributed by atoms with Gasteiger partial charge in [-0.25, -0.2) is 0 Å². The Bertz CT molecular complexity index is 1440. The molecule has 1 unspecified atom stereocenters. The van der Waals surface area contributed by atoms with E-state index in [0.717, 1.165) is 16.3 Å². The number of nitrogens with zero attached hydrogens (tertiary/aromatic N) is 1. The highest BCUT2D eigenvalue weighted by Gasteiger charge is 2.19. The van der Waals surface area contributed by atoms with Crippen LogP contribution in [0.25, 0.3) is 32.3 Å². The fourth-order valence-corrected chi connectivity index (χ4v) is 5.43. The normalized spacial score (nSPS) is 15.2. The number of rotatable bonds is 0. The first-order chi connectivity index (χ1) is 15.3. The van der Waals surface area contributed by atoms with Crippen LogP contribution in [0.3, 0.4) is 0 Å². The lowest BCUT2D eigenvalue weighted by Gasteiger charge is -2.23. The zero-order valence-corrected chi connectivity index (χ0v) is 18.8. The third-order valence-corrected chi connectivity index (χ3v) is 7.16. The fourth-order valence-electron chi connectivity index (χ4n) is 4.68. The number of benzene rings is 5. The second kappa shape index (κ2) is 8.53. The van der Waals surface area contributed by atoms with Crippen LogP contribution >= 0.6 is 15.9 Å². The van der Waals surface area contributed by atoms with Crippen molar-refractivity contribution in [3.8, 4) is 6.07 Å². The van der Waals surface area contributed by atoms with Crippen LogP contribution in [0.15, 0.2) is 91.0 Å². The predicted octanol–water partition coefficient (Wildman–Crippen LogP) is 8.48. The van der Waals surface area contributed by atoms with Crippen molar-refractivity contribution in [1.29, 1.82) is 5.26 Å². The van der Waals surface area contributed by atoms with Crippen molar-refractivity contribution in [3.05, 3.63) is 108 Å². The molecule has 6 rings (SSSR count). The second-order valence-corrected chi connectivity index (χ2v) is 9.12. The number of alkyl halides is 1. The summed E-state index contributed by atoms with van der Waals surface area (Å²) in [7, 11) is 0. The third kappa shape index (κ3) is 3.71. The molecule has 150 valence electrons. The standard InChI is InChI=1S/C18H15Br.C11H7N/c19-18-7-3-6-14-16-9-8-12-4-1-2-5-13(12)15(16)10-11-17(14)18;12-8-10-6-3-5-9-4-1-2-7-11(9)10/h1-2,4-5,8-11,18H,3,6-7H2;1-7H. The van der Waals surface area contributed by atoms with E-state index in [9.17, 15) is 0 Å². The predicted molar refractivity (Wildman–Crippen MR) is 135 cm³/mol. The van der Waals surface area contributed by atoms with Gasteiger partial charge in [0, 0.05) is 4.83 Å². The summed E-state index contributed by atoms with van der Waals surface area (Å²) in [5, 5.41) is 16.5. The van der Waals surface area contributed by atoms with Crippen molar-refractivity contribution in [3.63, 3.8) is 0 Å². The molecule has 0 aliphatic heterocycles. The molecule has 2 heteroatoms. The van der Waals surface area contributed by atoms with Gasteiger partial charge >= 0.3 is 0 Å². The van der Waals surface area contributed by atoms with Gasteiger partial charge in [-0.3, -0.25) is 0 Å². The van der Waals surface area contributed by atoms with Crippen molar-refractivity contribution in [2.24, 2.45) is 0 Å². The zero-order chi connectivity index (χ0) is 21.2. The quantitative estimate of drug-likeness (QED) is 0.167. The van der Waals surface area contributed by atoms with E-state index in [2.05, 4.69) is 70.5 Å². The maximum atomic E-state index is 8.79. The molecule has 5 aromatic rings. The minimum Gasteiger partial charge on any atom is -0.192 e. The SMILES string of the molecule is BrC1CCCc2c1ccc1c2ccc2ccccc21.N#Cc1cccc2ccccc12. The Morgan fingerprint density at radius 1 is 0.677 bits per heavy atom. The maximum absolute atomic E-state index is 8.79. The summed E-state index contributed by atoms with van der Waals surface area (Å²) < 4.78 is 0. The summed E-state index contributed by atoms with van der Waals surface area (Å²) in [6, 6.07) is 33.7. The first-order valence-electron chi connectivity index (χ1n) is 10.7. The number of aryl methyl sites for hydroxylation is 1. The molecule has 1 nitrogen and oxygen atoms in total. The average Bonchev–Trinajstić information content (AvgIpc) is 2.84. The molecule has 0 amide bonds. The molecule has 0 fully saturated rings. The molecule has 1 atom stereocenters. The summed E-state index contributed by atoms with van der Waals surface area (Å²) in [5.41, 5.74) is 3.79. The summed E-state index contributed by atoms with van der Waals surface area (Å²) in [4.78, 5) is 0.534. The van der Waals surface area contributed by atoms with Gasteiger partial charge in [-0.1, -0.05) is 101 Å². The lowest BCUT2D eigenvalue weighted by molar-refractivity contribution is 0.685. The summed E-state index contributed by atoms with van der Waals surface area (Å²) in [6.07, 6.45) is 3.76. The van der Waals surface area contributed by atoms with E-state index >= 15 is 0 Å². The van der Waals surface area contributed by atoms with Gasteiger partial charge in [-0.05, 0) is 68.8 Å². The highest BCUT2D eigenvalue weighted by Crippen LogP contribution is 2.40. The molecule has 0 aromatic heterocycles. The molecule has 1 aliphatic carbocycles. The first kappa shape index (κ1) is 19.8. The number of nitriles is 1. The van der Waals surface area contributed by atoms with E-state index < -0.39 is 0 Å². The Morgan fingerprint density at radius 2 is 1.35 bits per heavy atom. The molecule has 0 N–H and O–H groups in total. The van der Waals surface area contributed by atoms with E-state index in [1.54, 1.807) is 5.56 Å². The van der Waals surface area contributed by atoms with Gasteiger partial charge in [0.2, 0.25) is 0 Å². The number of hydrogen-bond donors (Lipinski definition) is 0. The van der Waals surface area contributed by atoms with Crippen LogP contribution < -0.4 is 0 Å². The molecular weight excluding hydrogens is 442 g/mol. The average molecular weight is 464 g/mol. The van der Waals surface area contributed by atoms with Crippen molar-refractivity contribution >= 4 is 48.2 Å². The number of fused-ring (bicyclic) bond motifs is 6. The molecule has 0 saturated heterocycles. The van der Waals surface area contributed by atoms with Gasteiger partial charge in [0.1, 0.15) is 0 Å². The molecule has 31 heavy (non-hydrogen) atoms. The van der Waals surface area contributed by atoms with Crippen molar-refractivity contribution in [2.75, 3.05) is 0 Å². The van der Waals surface area contributed by atoms with Gasteiger partial charge < -0.3 is 0 Å². The van der Waals surface area contributed by atoms with Gasteiger partial charge in [0.15, 0.2) is 0 Å². The minimum absolute atomic E-state index is 0.534. The van der Waals surface area contributed by atoms with Crippen LogP contribution in [-0.4, -0.2) is 0 Å². The monoisotopic (exact) mass is 463 g/mol. The zero-order valence-electron chi connectivity index (χ0n) is 17.2. The van der Waals surface area contributed by atoms with Crippen LogP contribution in [-0.2, 0) is 6.42 Å². The topological polar surface area (TPSA) is 23.8 Å². The molecule has 1 aliphatic rings. The number of hydrogen-bond acceptors (Lipinski definition) is 1. The van der Waals surface area contributed by atoms with Gasteiger partial charge in [0.25, 0.3) is 0 Å². The van der Waals surface area contributed by atoms with E-state index in [0.29, 0.717) is 4.83 Å². The summed E-state index contributed by atoms with van der Waals surface area (Å²) in [5.74, 6) is 0. The molecule has 0 radical (unpaired) electrons. The molecular formula is C29H22BrN. The number of halogens is 1. The smallest absolute Gasteiger partial charge is 0.0998 e. The van der Waals surface area contributed by atoms with Crippen LogP contribution in [0.5, 0.6) is 0 Å². The Kier molecular flexibility index (Phi) is 5.45. The first-order valence-corrected chi connectivity index (χ1v) is 11.6.